The summed E-state index contributed by atoms with van der Waals surface area (Å²) in [5.41, 5.74) is 8.50. The summed E-state index contributed by atoms with van der Waals surface area (Å²) in [6.07, 6.45) is -3.94. The van der Waals surface area contributed by atoms with E-state index in [-0.39, 0.29) is 36.6 Å². The molecule has 13 heteroatoms. The van der Waals surface area contributed by atoms with Crippen LogP contribution in [0.1, 0.15) is 39.5 Å². The maximum Gasteiger partial charge on any atom is 0.405 e. The minimum atomic E-state index is -4.56. The molecule has 1 amide bonds. The van der Waals surface area contributed by atoms with Crippen molar-refractivity contribution in [3.8, 4) is 0 Å². The molecule has 190 valence electrons. The fourth-order valence-electron chi connectivity index (χ4n) is 4.77. The summed E-state index contributed by atoms with van der Waals surface area (Å²) in [4.78, 5) is 17.2. The molecule has 0 radical (unpaired) electrons. The summed E-state index contributed by atoms with van der Waals surface area (Å²) >= 11 is 0. The van der Waals surface area contributed by atoms with Crippen molar-refractivity contribution in [2.75, 3.05) is 20.7 Å². The van der Waals surface area contributed by atoms with Crippen molar-refractivity contribution in [2.45, 2.75) is 82.3 Å². The number of carbonyl (C=O) groups excluding carboxylic acids is 1. The normalized spacial score (nSPS) is 36.4. The number of hydrogen-bond acceptors (Lipinski definition) is 7. The van der Waals surface area contributed by atoms with Crippen LogP contribution in [0.4, 0.5) is 17.6 Å². The van der Waals surface area contributed by atoms with Gasteiger partial charge in [-0.2, -0.15) is 13.2 Å². The number of alkyl halides is 4. The van der Waals surface area contributed by atoms with E-state index in [1.54, 1.807) is 0 Å². The van der Waals surface area contributed by atoms with Gasteiger partial charge in [0.2, 0.25) is 5.91 Å². The van der Waals surface area contributed by atoms with Crippen LogP contribution in [0.2, 0.25) is 0 Å². The Balaban J connectivity index is 1.63. The summed E-state index contributed by atoms with van der Waals surface area (Å²) in [7, 11) is 2.98. The highest BCUT2D eigenvalue weighted by Gasteiger charge is 2.52. The van der Waals surface area contributed by atoms with Gasteiger partial charge in [0.05, 0.1) is 12.0 Å². The lowest BCUT2D eigenvalue weighted by Crippen LogP contribution is -2.52. The molecule has 0 aromatic rings. The minimum Gasteiger partial charge on any atom is -0.378 e. The molecule has 5 N–H and O–H groups in total. The van der Waals surface area contributed by atoms with E-state index in [9.17, 15) is 22.4 Å². The quantitative estimate of drug-likeness (QED) is 0.225. The Bertz CT molecular complexity index is 708. The molecular weight excluding hydrogens is 446 g/mol. The Kier molecular flexibility index (Phi) is 8.54. The van der Waals surface area contributed by atoms with Gasteiger partial charge in [0.15, 0.2) is 5.96 Å². The Morgan fingerprint density at radius 3 is 2.55 bits per heavy atom. The molecule has 2 heterocycles. The topological polar surface area (TPSA) is 102 Å². The Hall–Kier alpha value is -1.54. The zero-order valence-corrected chi connectivity index (χ0v) is 19.4. The number of hydrazine groups is 2. The first-order valence-corrected chi connectivity index (χ1v) is 11.3. The van der Waals surface area contributed by atoms with Crippen molar-refractivity contribution in [2.24, 2.45) is 16.8 Å². The van der Waals surface area contributed by atoms with Gasteiger partial charge in [0, 0.05) is 39.2 Å². The smallest absolute Gasteiger partial charge is 0.378 e. The summed E-state index contributed by atoms with van der Waals surface area (Å²) < 4.78 is 59.5. The number of rotatable bonds is 5. The second kappa shape index (κ2) is 10.8. The highest BCUT2D eigenvalue weighted by Crippen LogP contribution is 2.33. The first-order chi connectivity index (χ1) is 15.5. The zero-order chi connectivity index (χ0) is 24.3. The third kappa shape index (κ3) is 6.75. The van der Waals surface area contributed by atoms with Gasteiger partial charge in [0.25, 0.3) is 0 Å². The number of ether oxygens (including phenoxy) is 1. The largest absolute Gasteiger partial charge is 0.405 e. The minimum absolute atomic E-state index is 0.00639. The number of carbonyl (C=O) groups is 1. The molecule has 3 rings (SSSR count). The number of methoxy groups -OCH3 is 1. The average Bonchev–Trinajstić information content (AvgIpc) is 3.34. The summed E-state index contributed by atoms with van der Waals surface area (Å²) in [5.74, 6) is -1.85. The van der Waals surface area contributed by atoms with Gasteiger partial charge < -0.3 is 10.1 Å². The maximum absolute atomic E-state index is 14.3. The fraction of sp³-hybridized carbons (Fsp3) is 0.900. The van der Waals surface area contributed by atoms with Crippen molar-refractivity contribution >= 4 is 11.9 Å². The molecule has 33 heavy (non-hydrogen) atoms. The summed E-state index contributed by atoms with van der Waals surface area (Å²) in [5, 5.41) is 6.81. The van der Waals surface area contributed by atoms with E-state index in [0.717, 1.165) is 6.42 Å². The van der Waals surface area contributed by atoms with Gasteiger partial charge in [-0.1, -0.05) is 0 Å². The first-order valence-electron chi connectivity index (χ1n) is 11.3. The van der Waals surface area contributed by atoms with Crippen LogP contribution in [0.25, 0.3) is 0 Å². The van der Waals surface area contributed by atoms with Gasteiger partial charge in [-0.3, -0.25) is 15.5 Å². The molecule has 1 aliphatic carbocycles. The van der Waals surface area contributed by atoms with Gasteiger partial charge in [-0.25, -0.2) is 25.2 Å². The standard InChI is InChI=1S/C20H35F4N7O2/c1-10(2)25-19(27-18(32)12-9-31(3)30-17(12)20(22,23)24)26-16-8-14(28-29-16)11-5-6-15(33-4)13(21)7-11/h10-17,28-30H,5-9H2,1-4H3,(H2,25,26,27,32). The molecule has 1 saturated carbocycles. The fourth-order valence-corrected chi connectivity index (χ4v) is 4.77. The lowest BCUT2D eigenvalue weighted by Gasteiger charge is -2.33. The van der Waals surface area contributed by atoms with Crippen molar-refractivity contribution in [1.29, 1.82) is 0 Å². The second-order valence-electron chi connectivity index (χ2n) is 9.41. The number of nitrogens with zero attached hydrogens (tertiary/aromatic N) is 2. The van der Waals surface area contributed by atoms with Crippen LogP contribution in [0.5, 0.6) is 0 Å². The third-order valence-electron chi connectivity index (χ3n) is 6.41. The van der Waals surface area contributed by atoms with Gasteiger partial charge in [-0.15, -0.1) is 0 Å². The van der Waals surface area contributed by atoms with Crippen LogP contribution in [0.3, 0.4) is 0 Å². The lowest BCUT2D eigenvalue weighted by atomic mass is 9.81. The molecule has 0 aromatic heterocycles. The monoisotopic (exact) mass is 481 g/mol. The molecule has 0 aromatic carbocycles. The van der Waals surface area contributed by atoms with E-state index in [1.165, 1.54) is 19.2 Å². The SMILES string of the molecule is COC1CCC(C2CC(/N=C(/NC(=O)C3CN(C)NC3C(F)(F)F)NC(C)C)NN2)CC1F. The maximum atomic E-state index is 14.3. The summed E-state index contributed by atoms with van der Waals surface area (Å²) in [6, 6.07) is -2.07. The van der Waals surface area contributed by atoms with E-state index in [1.807, 2.05) is 13.8 Å². The average molecular weight is 482 g/mol. The van der Waals surface area contributed by atoms with Crippen molar-refractivity contribution in [1.82, 2.24) is 31.9 Å². The van der Waals surface area contributed by atoms with E-state index in [2.05, 4.69) is 31.9 Å². The summed E-state index contributed by atoms with van der Waals surface area (Å²) in [6.45, 7) is 3.60. The van der Waals surface area contributed by atoms with Gasteiger partial charge in [-0.05, 0) is 39.0 Å². The number of aliphatic imine (C=N–C) groups is 1. The van der Waals surface area contributed by atoms with Crippen molar-refractivity contribution < 1.29 is 27.1 Å². The number of nitrogens with one attached hydrogen (secondary N) is 5. The zero-order valence-electron chi connectivity index (χ0n) is 19.4. The second-order valence-corrected chi connectivity index (χ2v) is 9.41. The third-order valence-corrected chi connectivity index (χ3v) is 6.41. The number of guanidine groups is 1. The molecule has 7 unspecified atom stereocenters. The molecule has 2 saturated heterocycles. The molecule has 3 aliphatic rings. The molecule has 2 aliphatic heterocycles. The number of hydrogen-bond donors (Lipinski definition) is 5. The Morgan fingerprint density at radius 1 is 1.21 bits per heavy atom. The Morgan fingerprint density at radius 2 is 1.94 bits per heavy atom. The number of halogens is 4. The molecule has 0 spiro atoms. The molecular formula is C20H35F4N7O2. The van der Waals surface area contributed by atoms with Crippen LogP contribution < -0.4 is 26.9 Å². The van der Waals surface area contributed by atoms with Crippen LogP contribution in [-0.4, -0.2) is 80.3 Å². The lowest BCUT2D eigenvalue weighted by molar-refractivity contribution is -0.168. The molecule has 9 nitrogen and oxygen atoms in total. The van der Waals surface area contributed by atoms with E-state index >= 15 is 0 Å². The van der Waals surface area contributed by atoms with Crippen LogP contribution >= 0.6 is 0 Å². The van der Waals surface area contributed by atoms with E-state index in [4.69, 9.17) is 4.74 Å². The predicted molar refractivity (Wildman–Crippen MR) is 114 cm³/mol. The predicted octanol–water partition coefficient (Wildman–Crippen LogP) is 0.800. The van der Waals surface area contributed by atoms with Crippen LogP contribution in [0, 0.1) is 11.8 Å². The molecule has 0 bridgehead atoms. The molecule has 3 fully saturated rings. The van der Waals surface area contributed by atoms with Gasteiger partial charge >= 0.3 is 6.18 Å². The van der Waals surface area contributed by atoms with Crippen molar-refractivity contribution in [3.63, 3.8) is 0 Å². The van der Waals surface area contributed by atoms with E-state index < -0.39 is 36.4 Å². The molecule has 7 atom stereocenters. The van der Waals surface area contributed by atoms with Gasteiger partial charge in [0.1, 0.15) is 18.4 Å². The highest BCUT2D eigenvalue weighted by molar-refractivity contribution is 5.98. The van der Waals surface area contributed by atoms with E-state index in [0.29, 0.717) is 19.3 Å². The number of amides is 1. The first kappa shape index (κ1) is 26.1. The highest BCUT2D eigenvalue weighted by atomic mass is 19.4. The Labute approximate surface area is 191 Å². The van der Waals surface area contributed by atoms with Crippen molar-refractivity contribution in [3.05, 3.63) is 0 Å². The van der Waals surface area contributed by atoms with Crippen LogP contribution in [0.15, 0.2) is 4.99 Å². The van der Waals surface area contributed by atoms with Crippen LogP contribution in [-0.2, 0) is 9.53 Å².